The average molecular weight is 310 g/mol. The normalized spacial score (nSPS) is 17.3. The largest absolute Gasteiger partial charge is 0.466 e. The fourth-order valence-corrected chi connectivity index (χ4v) is 2.76. The third-order valence-corrected chi connectivity index (χ3v) is 4.78. The van der Waals surface area contributed by atoms with Gasteiger partial charge in [0.2, 0.25) is 0 Å². The number of hydrogen-bond acceptors (Lipinski definition) is 3. The zero-order valence-corrected chi connectivity index (χ0v) is 13.6. The van der Waals surface area contributed by atoms with Crippen LogP contribution in [-0.2, 0) is 9.53 Å². The van der Waals surface area contributed by atoms with Gasteiger partial charge in [-0.2, -0.15) is 0 Å². The summed E-state index contributed by atoms with van der Waals surface area (Å²) >= 11 is 5.99. The van der Waals surface area contributed by atoms with Crippen LogP contribution in [0.25, 0.3) is 0 Å². The number of nitrogen functional groups attached to an aromatic ring is 1. The van der Waals surface area contributed by atoms with Gasteiger partial charge in [-0.15, -0.1) is 0 Å². The zero-order valence-electron chi connectivity index (χ0n) is 12.8. The van der Waals surface area contributed by atoms with Crippen LogP contribution < -0.4 is 5.73 Å². The minimum absolute atomic E-state index is 0.116. The van der Waals surface area contributed by atoms with Crippen molar-refractivity contribution in [2.24, 2.45) is 5.41 Å². The van der Waals surface area contributed by atoms with E-state index in [-0.39, 0.29) is 17.3 Å². The van der Waals surface area contributed by atoms with E-state index >= 15 is 0 Å². The van der Waals surface area contributed by atoms with Crippen LogP contribution in [0.4, 0.5) is 5.69 Å². The fourth-order valence-electron chi connectivity index (χ4n) is 2.65. The Labute approximate surface area is 131 Å². The van der Waals surface area contributed by atoms with Crippen LogP contribution in [0.2, 0.25) is 5.02 Å². The molecule has 0 heterocycles. The van der Waals surface area contributed by atoms with Crippen molar-refractivity contribution in [2.45, 2.75) is 51.9 Å². The predicted molar refractivity (Wildman–Crippen MR) is 86.4 cm³/mol. The third kappa shape index (κ3) is 4.13. The van der Waals surface area contributed by atoms with Crippen LogP contribution in [0, 0.1) is 5.41 Å². The molecule has 0 spiro atoms. The third-order valence-electron chi connectivity index (χ3n) is 4.43. The van der Waals surface area contributed by atoms with Crippen molar-refractivity contribution in [1.29, 1.82) is 0 Å². The second kappa shape index (κ2) is 6.69. The lowest BCUT2D eigenvalue weighted by Crippen LogP contribution is -2.18. The molecule has 2 rings (SSSR count). The van der Waals surface area contributed by atoms with Gasteiger partial charge in [-0.05, 0) is 48.3 Å². The molecule has 0 bridgehead atoms. The Bertz CT molecular complexity index is 512. The Balaban J connectivity index is 2.08. The molecule has 4 heteroatoms. The van der Waals surface area contributed by atoms with Crippen LogP contribution >= 0.6 is 11.6 Å². The molecule has 0 saturated heterocycles. The van der Waals surface area contributed by atoms with Crippen LogP contribution in [0.15, 0.2) is 18.2 Å². The molecular weight excluding hydrogens is 286 g/mol. The Morgan fingerprint density at radius 1 is 1.48 bits per heavy atom. The Hall–Kier alpha value is -1.22. The van der Waals surface area contributed by atoms with Crippen LogP contribution in [0.1, 0.15) is 57.4 Å². The van der Waals surface area contributed by atoms with Crippen LogP contribution in [-0.4, -0.2) is 12.6 Å². The lowest BCUT2D eigenvalue weighted by Gasteiger charge is -2.24. The summed E-state index contributed by atoms with van der Waals surface area (Å²) in [5.74, 6) is 0.0429. The molecular formula is C17H24ClNO2. The van der Waals surface area contributed by atoms with E-state index in [9.17, 15) is 4.79 Å². The fraction of sp³-hybridized carbons (Fsp3) is 0.588. The van der Waals surface area contributed by atoms with Crippen molar-refractivity contribution in [2.75, 3.05) is 12.3 Å². The smallest absolute Gasteiger partial charge is 0.306 e. The number of anilines is 1. The summed E-state index contributed by atoms with van der Waals surface area (Å²) in [7, 11) is 0. The van der Waals surface area contributed by atoms with Crippen molar-refractivity contribution < 1.29 is 9.53 Å². The van der Waals surface area contributed by atoms with E-state index in [4.69, 9.17) is 22.1 Å². The summed E-state index contributed by atoms with van der Waals surface area (Å²) in [4.78, 5) is 12.0. The SMILES string of the molecule is CCCCOC(=O)CC(c1ccc(Cl)c(N)c1)C1(C)CC1. The molecule has 1 saturated carbocycles. The number of carbonyl (C=O) groups is 1. The van der Waals surface area contributed by atoms with E-state index < -0.39 is 0 Å². The standard InChI is InChI=1S/C17H24ClNO2/c1-3-4-9-21-16(20)11-13(17(2)7-8-17)12-5-6-14(18)15(19)10-12/h5-6,10,13H,3-4,7-9,11,19H2,1-2H3. The van der Waals surface area contributed by atoms with Gasteiger partial charge in [-0.3, -0.25) is 4.79 Å². The highest BCUT2D eigenvalue weighted by molar-refractivity contribution is 6.33. The van der Waals surface area contributed by atoms with Gasteiger partial charge in [0.25, 0.3) is 0 Å². The molecule has 3 nitrogen and oxygen atoms in total. The molecule has 0 aromatic heterocycles. The van der Waals surface area contributed by atoms with E-state index in [1.165, 1.54) is 0 Å². The lowest BCUT2D eigenvalue weighted by atomic mass is 9.82. The number of carbonyl (C=O) groups excluding carboxylic acids is 1. The number of benzene rings is 1. The highest BCUT2D eigenvalue weighted by Crippen LogP contribution is 2.57. The first-order valence-electron chi connectivity index (χ1n) is 7.67. The number of rotatable bonds is 7. The van der Waals surface area contributed by atoms with Crippen LogP contribution in [0.5, 0.6) is 0 Å². The van der Waals surface area contributed by atoms with E-state index in [0.717, 1.165) is 31.2 Å². The summed E-state index contributed by atoms with van der Waals surface area (Å²) in [6.07, 6.45) is 4.65. The number of hydrogen-bond donors (Lipinski definition) is 1. The van der Waals surface area contributed by atoms with Crippen molar-refractivity contribution >= 4 is 23.3 Å². The Morgan fingerprint density at radius 2 is 2.19 bits per heavy atom. The quantitative estimate of drug-likeness (QED) is 0.457. The van der Waals surface area contributed by atoms with Crippen molar-refractivity contribution in [3.05, 3.63) is 28.8 Å². The van der Waals surface area contributed by atoms with Gasteiger partial charge in [-0.25, -0.2) is 0 Å². The molecule has 116 valence electrons. The molecule has 0 radical (unpaired) electrons. The summed E-state index contributed by atoms with van der Waals surface area (Å²) in [5.41, 5.74) is 7.75. The highest BCUT2D eigenvalue weighted by atomic mass is 35.5. The monoisotopic (exact) mass is 309 g/mol. The van der Waals surface area contributed by atoms with Crippen molar-refractivity contribution in [3.63, 3.8) is 0 Å². The topological polar surface area (TPSA) is 52.3 Å². The summed E-state index contributed by atoms with van der Waals surface area (Å²) in [6, 6.07) is 5.69. The molecule has 1 aliphatic rings. The molecule has 1 unspecified atom stereocenters. The van der Waals surface area contributed by atoms with Gasteiger partial charge in [0, 0.05) is 0 Å². The van der Waals surface area contributed by atoms with Crippen molar-refractivity contribution in [1.82, 2.24) is 0 Å². The molecule has 2 N–H and O–H groups in total. The summed E-state index contributed by atoms with van der Waals surface area (Å²) in [5, 5.41) is 0.559. The molecule has 1 atom stereocenters. The molecule has 1 fully saturated rings. The first-order chi connectivity index (χ1) is 9.96. The second-order valence-electron chi connectivity index (χ2n) is 6.27. The van der Waals surface area contributed by atoms with Gasteiger partial charge >= 0.3 is 5.97 Å². The minimum atomic E-state index is -0.116. The molecule has 1 aliphatic carbocycles. The molecule has 0 amide bonds. The van der Waals surface area contributed by atoms with Gasteiger partial charge in [-0.1, -0.05) is 37.9 Å². The zero-order chi connectivity index (χ0) is 15.5. The highest BCUT2D eigenvalue weighted by Gasteiger charge is 2.46. The van der Waals surface area contributed by atoms with E-state index in [1.54, 1.807) is 0 Å². The molecule has 0 aliphatic heterocycles. The van der Waals surface area contributed by atoms with Gasteiger partial charge in [0.15, 0.2) is 0 Å². The molecule has 1 aromatic carbocycles. The Morgan fingerprint density at radius 3 is 2.76 bits per heavy atom. The summed E-state index contributed by atoms with van der Waals surface area (Å²) < 4.78 is 5.32. The maximum Gasteiger partial charge on any atom is 0.306 e. The van der Waals surface area contributed by atoms with Gasteiger partial charge < -0.3 is 10.5 Å². The second-order valence-corrected chi connectivity index (χ2v) is 6.67. The average Bonchev–Trinajstić information content (AvgIpc) is 3.19. The van der Waals surface area contributed by atoms with Gasteiger partial charge in [0.05, 0.1) is 23.7 Å². The minimum Gasteiger partial charge on any atom is -0.466 e. The predicted octanol–water partition coefficient (Wildman–Crippen LogP) is 4.54. The van der Waals surface area contributed by atoms with E-state index in [1.807, 2.05) is 18.2 Å². The maximum absolute atomic E-state index is 12.0. The van der Waals surface area contributed by atoms with Gasteiger partial charge in [0.1, 0.15) is 0 Å². The number of halogens is 1. The van der Waals surface area contributed by atoms with E-state index in [0.29, 0.717) is 23.7 Å². The maximum atomic E-state index is 12.0. The summed E-state index contributed by atoms with van der Waals surface area (Å²) in [6.45, 7) is 4.82. The number of nitrogens with two attached hydrogens (primary N) is 1. The Kier molecular flexibility index (Phi) is 5.15. The number of unbranched alkanes of at least 4 members (excludes halogenated alkanes) is 1. The molecule has 1 aromatic rings. The first-order valence-corrected chi connectivity index (χ1v) is 8.04. The van der Waals surface area contributed by atoms with Crippen molar-refractivity contribution in [3.8, 4) is 0 Å². The van der Waals surface area contributed by atoms with E-state index in [2.05, 4.69) is 13.8 Å². The molecule has 21 heavy (non-hydrogen) atoms. The number of esters is 1. The first kappa shape index (κ1) is 16.2. The number of ether oxygens (including phenoxy) is 1. The van der Waals surface area contributed by atoms with Crippen LogP contribution in [0.3, 0.4) is 0 Å². The lowest BCUT2D eigenvalue weighted by molar-refractivity contribution is -0.144.